The molecule has 102 valence electrons. The van der Waals surface area contributed by atoms with Crippen LogP contribution in [-0.4, -0.2) is 10.9 Å². The Morgan fingerprint density at radius 1 is 1.10 bits per heavy atom. The Morgan fingerprint density at radius 3 is 2.40 bits per heavy atom. The summed E-state index contributed by atoms with van der Waals surface area (Å²) in [6, 6.07) is 9.97. The first-order valence-corrected chi connectivity index (χ1v) is 6.70. The highest BCUT2D eigenvalue weighted by molar-refractivity contribution is 5.93. The van der Waals surface area contributed by atoms with E-state index in [1.165, 1.54) is 12.1 Å². The topological polar surface area (TPSA) is 42.0 Å². The molecule has 1 fully saturated rings. The normalized spacial score (nSPS) is 21.1. The molecular formula is C16H15FN2O. The van der Waals surface area contributed by atoms with Crippen LogP contribution in [0.15, 0.2) is 48.8 Å². The van der Waals surface area contributed by atoms with Gasteiger partial charge in [-0.05, 0) is 48.6 Å². The summed E-state index contributed by atoms with van der Waals surface area (Å²) in [7, 11) is 0. The largest absolute Gasteiger partial charge is 0.326 e. The Hall–Kier alpha value is -2.23. The molecule has 2 unspecified atom stereocenters. The lowest BCUT2D eigenvalue weighted by atomic mass is 9.69. The monoisotopic (exact) mass is 270 g/mol. The van der Waals surface area contributed by atoms with E-state index in [1.807, 2.05) is 0 Å². The summed E-state index contributed by atoms with van der Waals surface area (Å²) in [5.74, 6) is -0.0614. The maximum atomic E-state index is 12.9. The number of carbonyl (C=O) groups excluding carboxylic acids is 1. The third-order valence-electron chi connectivity index (χ3n) is 3.86. The van der Waals surface area contributed by atoms with Crippen LogP contribution in [0.25, 0.3) is 0 Å². The molecule has 0 aliphatic heterocycles. The van der Waals surface area contributed by atoms with Gasteiger partial charge in [-0.2, -0.15) is 0 Å². The Balaban J connectivity index is 1.68. The van der Waals surface area contributed by atoms with E-state index in [2.05, 4.69) is 10.3 Å². The first kappa shape index (κ1) is 12.8. The lowest BCUT2D eigenvalue weighted by Crippen LogP contribution is -2.35. The molecule has 0 bridgehead atoms. The fraction of sp³-hybridized carbons (Fsp3) is 0.250. The van der Waals surface area contributed by atoms with Crippen LogP contribution in [0.4, 0.5) is 10.1 Å². The van der Waals surface area contributed by atoms with Gasteiger partial charge in [0.15, 0.2) is 0 Å². The van der Waals surface area contributed by atoms with Crippen LogP contribution in [0, 0.1) is 11.7 Å². The number of halogens is 1. The fourth-order valence-electron chi connectivity index (χ4n) is 2.59. The summed E-state index contributed by atoms with van der Waals surface area (Å²) in [5.41, 5.74) is 1.79. The third kappa shape index (κ3) is 2.54. The molecule has 1 aromatic carbocycles. The molecule has 1 aromatic heterocycles. The minimum Gasteiger partial charge on any atom is -0.326 e. The summed E-state index contributed by atoms with van der Waals surface area (Å²) < 4.78 is 12.9. The van der Waals surface area contributed by atoms with Gasteiger partial charge in [-0.25, -0.2) is 4.39 Å². The fourth-order valence-corrected chi connectivity index (χ4v) is 2.59. The SMILES string of the molecule is O=C(Nc1ccncc1)C1CCC1c1ccc(F)cc1. The number of carbonyl (C=O) groups is 1. The first-order valence-electron chi connectivity index (χ1n) is 6.70. The highest BCUT2D eigenvalue weighted by atomic mass is 19.1. The molecule has 1 aliphatic rings. The predicted molar refractivity (Wildman–Crippen MR) is 74.7 cm³/mol. The van der Waals surface area contributed by atoms with Gasteiger partial charge in [0.1, 0.15) is 5.82 Å². The van der Waals surface area contributed by atoms with Crippen LogP contribution >= 0.6 is 0 Å². The van der Waals surface area contributed by atoms with Crippen LogP contribution in [0.2, 0.25) is 0 Å². The number of nitrogens with zero attached hydrogens (tertiary/aromatic N) is 1. The van der Waals surface area contributed by atoms with E-state index < -0.39 is 0 Å². The van der Waals surface area contributed by atoms with Crippen LogP contribution in [0.5, 0.6) is 0 Å². The zero-order valence-corrected chi connectivity index (χ0v) is 10.9. The molecule has 1 amide bonds. The van der Waals surface area contributed by atoms with Gasteiger partial charge in [-0.15, -0.1) is 0 Å². The minimum atomic E-state index is -0.245. The summed E-state index contributed by atoms with van der Waals surface area (Å²) in [5, 5.41) is 2.90. The second-order valence-electron chi connectivity index (χ2n) is 5.07. The molecular weight excluding hydrogens is 255 g/mol. The molecule has 20 heavy (non-hydrogen) atoms. The Kier molecular flexibility index (Phi) is 3.46. The second kappa shape index (κ2) is 5.41. The van der Waals surface area contributed by atoms with Crippen molar-refractivity contribution in [3.05, 3.63) is 60.2 Å². The van der Waals surface area contributed by atoms with Crippen molar-refractivity contribution < 1.29 is 9.18 Å². The van der Waals surface area contributed by atoms with Crippen LogP contribution in [0.3, 0.4) is 0 Å². The predicted octanol–water partition coefficient (Wildman–Crippen LogP) is 3.35. The summed E-state index contributed by atoms with van der Waals surface area (Å²) in [4.78, 5) is 16.2. The molecule has 2 aromatic rings. The molecule has 1 saturated carbocycles. The van der Waals surface area contributed by atoms with E-state index in [0.29, 0.717) is 0 Å². The molecule has 4 heteroatoms. The zero-order chi connectivity index (χ0) is 13.9. The van der Waals surface area contributed by atoms with Crippen molar-refractivity contribution in [3.63, 3.8) is 0 Å². The van der Waals surface area contributed by atoms with Crippen LogP contribution in [0.1, 0.15) is 24.3 Å². The molecule has 0 spiro atoms. The molecule has 0 radical (unpaired) electrons. The van der Waals surface area contributed by atoms with Crippen molar-refractivity contribution in [2.24, 2.45) is 5.92 Å². The van der Waals surface area contributed by atoms with Crippen LogP contribution in [-0.2, 0) is 4.79 Å². The highest BCUT2D eigenvalue weighted by Crippen LogP contribution is 2.43. The number of rotatable bonds is 3. The number of nitrogens with one attached hydrogen (secondary N) is 1. The van der Waals surface area contributed by atoms with Gasteiger partial charge in [0.05, 0.1) is 0 Å². The molecule has 1 aliphatic carbocycles. The van der Waals surface area contributed by atoms with E-state index in [1.54, 1.807) is 36.7 Å². The molecule has 3 rings (SSSR count). The average molecular weight is 270 g/mol. The molecule has 0 saturated heterocycles. The second-order valence-corrected chi connectivity index (χ2v) is 5.07. The number of aromatic nitrogens is 1. The van der Waals surface area contributed by atoms with E-state index in [4.69, 9.17) is 0 Å². The van der Waals surface area contributed by atoms with Gasteiger partial charge in [-0.1, -0.05) is 12.1 Å². The molecule has 1 heterocycles. The van der Waals surface area contributed by atoms with Gasteiger partial charge in [-0.3, -0.25) is 9.78 Å². The minimum absolute atomic E-state index is 0.0248. The third-order valence-corrected chi connectivity index (χ3v) is 3.86. The quantitative estimate of drug-likeness (QED) is 0.929. The van der Waals surface area contributed by atoms with Crippen molar-refractivity contribution in [2.75, 3.05) is 5.32 Å². The maximum Gasteiger partial charge on any atom is 0.228 e. The van der Waals surface area contributed by atoms with Crippen molar-refractivity contribution in [3.8, 4) is 0 Å². The Labute approximate surface area is 116 Å². The number of benzene rings is 1. The van der Waals surface area contributed by atoms with Gasteiger partial charge in [0, 0.05) is 24.0 Å². The van der Waals surface area contributed by atoms with Crippen molar-refractivity contribution in [1.82, 2.24) is 4.98 Å². The first-order chi connectivity index (χ1) is 9.74. The summed E-state index contributed by atoms with van der Waals surface area (Å²) in [6.07, 6.45) is 5.14. The number of amides is 1. The Bertz CT molecular complexity index is 598. The number of anilines is 1. The lowest BCUT2D eigenvalue weighted by Gasteiger charge is -2.35. The molecule has 2 atom stereocenters. The van der Waals surface area contributed by atoms with Crippen LogP contribution < -0.4 is 5.32 Å². The number of pyridine rings is 1. The van der Waals surface area contributed by atoms with E-state index in [-0.39, 0.29) is 23.6 Å². The van der Waals surface area contributed by atoms with Gasteiger partial charge in [0.2, 0.25) is 5.91 Å². The van der Waals surface area contributed by atoms with Crippen molar-refractivity contribution in [2.45, 2.75) is 18.8 Å². The lowest BCUT2D eigenvalue weighted by molar-refractivity contribution is -0.123. The molecule has 1 N–H and O–H groups in total. The highest BCUT2D eigenvalue weighted by Gasteiger charge is 2.37. The number of hydrogen-bond donors (Lipinski definition) is 1. The summed E-state index contributed by atoms with van der Waals surface area (Å²) >= 11 is 0. The van der Waals surface area contributed by atoms with Crippen molar-refractivity contribution in [1.29, 1.82) is 0 Å². The smallest absolute Gasteiger partial charge is 0.228 e. The van der Waals surface area contributed by atoms with Gasteiger partial charge < -0.3 is 5.32 Å². The average Bonchev–Trinajstić information content (AvgIpc) is 2.41. The Morgan fingerprint density at radius 2 is 1.80 bits per heavy atom. The molecule has 3 nitrogen and oxygen atoms in total. The van der Waals surface area contributed by atoms with E-state index in [9.17, 15) is 9.18 Å². The summed E-state index contributed by atoms with van der Waals surface area (Å²) in [6.45, 7) is 0. The standard InChI is InChI=1S/C16H15FN2O/c17-12-3-1-11(2-4-12)14-5-6-15(14)16(20)19-13-7-9-18-10-8-13/h1-4,7-10,14-15H,5-6H2,(H,18,19,20). The number of hydrogen-bond acceptors (Lipinski definition) is 2. The zero-order valence-electron chi connectivity index (χ0n) is 10.9. The maximum absolute atomic E-state index is 12.9. The van der Waals surface area contributed by atoms with Gasteiger partial charge in [0.25, 0.3) is 0 Å². The van der Waals surface area contributed by atoms with E-state index in [0.717, 1.165) is 24.1 Å². The van der Waals surface area contributed by atoms with Crippen molar-refractivity contribution >= 4 is 11.6 Å². The van der Waals surface area contributed by atoms with Gasteiger partial charge >= 0.3 is 0 Å². The van der Waals surface area contributed by atoms with E-state index >= 15 is 0 Å².